The van der Waals surface area contributed by atoms with Crippen molar-refractivity contribution in [3.63, 3.8) is 0 Å². The van der Waals surface area contributed by atoms with Gasteiger partial charge in [0.05, 0.1) is 0 Å². The monoisotopic (exact) mass is 251 g/mol. The molecule has 1 aliphatic rings. The van der Waals surface area contributed by atoms with E-state index in [0.29, 0.717) is 6.04 Å². The summed E-state index contributed by atoms with van der Waals surface area (Å²) in [5.74, 6) is 0. The Bertz CT molecular complexity index is 571. The van der Waals surface area contributed by atoms with Gasteiger partial charge in [0.15, 0.2) is 0 Å². The van der Waals surface area contributed by atoms with Gasteiger partial charge in [0.25, 0.3) is 0 Å². The van der Waals surface area contributed by atoms with Crippen LogP contribution in [0.3, 0.4) is 0 Å². The van der Waals surface area contributed by atoms with Gasteiger partial charge < -0.3 is 4.90 Å². The number of anilines is 1. The summed E-state index contributed by atoms with van der Waals surface area (Å²) in [5.41, 5.74) is 5.87. The second-order valence-electron chi connectivity index (χ2n) is 5.62. The Morgan fingerprint density at radius 2 is 1.37 bits per heavy atom. The minimum absolute atomic E-state index is 0.521. The molecular weight excluding hydrogens is 230 g/mol. The van der Waals surface area contributed by atoms with Crippen molar-refractivity contribution in [3.8, 4) is 0 Å². The summed E-state index contributed by atoms with van der Waals surface area (Å²) < 4.78 is 0. The van der Waals surface area contributed by atoms with E-state index in [1.807, 2.05) is 0 Å². The Morgan fingerprint density at radius 1 is 0.789 bits per heavy atom. The quantitative estimate of drug-likeness (QED) is 0.734. The van der Waals surface area contributed by atoms with Gasteiger partial charge in [-0.3, -0.25) is 0 Å². The van der Waals surface area contributed by atoms with Crippen molar-refractivity contribution in [3.05, 3.63) is 65.2 Å². The Labute approximate surface area is 115 Å². The van der Waals surface area contributed by atoms with Crippen LogP contribution >= 0.6 is 0 Å². The van der Waals surface area contributed by atoms with Crippen molar-refractivity contribution in [2.45, 2.75) is 39.3 Å². The van der Waals surface area contributed by atoms with Crippen molar-refractivity contribution in [2.24, 2.45) is 0 Å². The fourth-order valence-corrected chi connectivity index (χ4v) is 2.96. The molecule has 0 aromatic heterocycles. The average molecular weight is 251 g/mol. The molecule has 3 rings (SSSR count). The van der Waals surface area contributed by atoms with E-state index in [9.17, 15) is 0 Å². The highest BCUT2D eigenvalue weighted by Gasteiger charge is 2.18. The average Bonchev–Trinajstić information content (AvgIpc) is 2.41. The van der Waals surface area contributed by atoms with Gasteiger partial charge in [0.2, 0.25) is 0 Å². The molecule has 1 nitrogen and oxygen atoms in total. The van der Waals surface area contributed by atoms with Crippen LogP contribution < -0.4 is 4.90 Å². The predicted molar refractivity (Wildman–Crippen MR) is 81.6 cm³/mol. The summed E-state index contributed by atoms with van der Waals surface area (Å²) in [4.78, 5) is 2.52. The van der Waals surface area contributed by atoms with Gasteiger partial charge in [0.1, 0.15) is 0 Å². The molecule has 19 heavy (non-hydrogen) atoms. The SMILES string of the molecule is CC(C)N1Cc2ccccc2CCc2ccccc21. The molecule has 1 heteroatoms. The molecule has 0 atom stereocenters. The minimum atomic E-state index is 0.521. The van der Waals surface area contributed by atoms with Crippen LogP contribution in [0.1, 0.15) is 30.5 Å². The minimum Gasteiger partial charge on any atom is -0.365 e. The first kappa shape index (κ1) is 12.3. The maximum Gasteiger partial charge on any atom is 0.0435 e. The Morgan fingerprint density at radius 3 is 2.11 bits per heavy atom. The third-order valence-corrected chi connectivity index (χ3v) is 4.05. The molecule has 0 saturated carbocycles. The maximum absolute atomic E-state index is 2.52. The molecule has 1 heterocycles. The Kier molecular flexibility index (Phi) is 3.29. The van der Waals surface area contributed by atoms with Gasteiger partial charge in [-0.05, 0) is 49.4 Å². The van der Waals surface area contributed by atoms with E-state index in [-0.39, 0.29) is 0 Å². The van der Waals surface area contributed by atoms with Gasteiger partial charge in [0, 0.05) is 18.3 Å². The third kappa shape index (κ3) is 2.37. The van der Waals surface area contributed by atoms with Gasteiger partial charge in [-0.25, -0.2) is 0 Å². The van der Waals surface area contributed by atoms with E-state index in [4.69, 9.17) is 0 Å². The van der Waals surface area contributed by atoms with Gasteiger partial charge in [-0.15, -0.1) is 0 Å². The zero-order valence-electron chi connectivity index (χ0n) is 11.8. The summed E-state index contributed by atoms with van der Waals surface area (Å²) in [5, 5.41) is 0. The van der Waals surface area contributed by atoms with Gasteiger partial charge in [-0.2, -0.15) is 0 Å². The summed E-state index contributed by atoms with van der Waals surface area (Å²) in [6.45, 7) is 5.58. The summed E-state index contributed by atoms with van der Waals surface area (Å²) >= 11 is 0. The predicted octanol–water partition coefficient (Wildman–Crippen LogP) is 4.20. The Hall–Kier alpha value is -1.76. The number of benzene rings is 2. The lowest BCUT2D eigenvalue weighted by Crippen LogP contribution is -2.32. The summed E-state index contributed by atoms with van der Waals surface area (Å²) in [7, 11) is 0. The molecule has 98 valence electrons. The van der Waals surface area contributed by atoms with Crippen molar-refractivity contribution >= 4 is 5.69 Å². The largest absolute Gasteiger partial charge is 0.365 e. The molecule has 0 spiro atoms. The second kappa shape index (κ2) is 5.08. The molecule has 0 radical (unpaired) electrons. The van der Waals surface area contributed by atoms with Crippen LogP contribution in [-0.4, -0.2) is 6.04 Å². The molecule has 2 aromatic rings. The highest BCUT2D eigenvalue weighted by molar-refractivity contribution is 5.56. The molecule has 0 N–H and O–H groups in total. The summed E-state index contributed by atoms with van der Waals surface area (Å²) in [6.07, 6.45) is 2.29. The molecule has 0 fully saturated rings. The molecule has 0 amide bonds. The van der Waals surface area contributed by atoms with Crippen LogP contribution in [0.5, 0.6) is 0 Å². The Balaban J connectivity index is 2.07. The second-order valence-corrected chi connectivity index (χ2v) is 5.62. The van der Waals surface area contributed by atoms with Crippen molar-refractivity contribution in [1.82, 2.24) is 0 Å². The van der Waals surface area contributed by atoms with E-state index in [2.05, 4.69) is 67.3 Å². The normalized spacial score (nSPS) is 14.6. The lowest BCUT2D eigenvalue weighted by molar-refractivity contribution is 0.667. The van der Waals surface area contributed by atoms with Crippen LogP contribution in [0.25, 0.3) is 0 Å². The number of hydrogen-bond acceptors (Lipinski definition) is 1. The number of nitrogens with zero attached hydrogens (tertiary/aromatic N) is 1. The fraction of sp³-hybridized carbons (Fsp3) is 0.333. The van der Waals surface area contributed by atoms with E-state index in [1.54, 1.807) is 0 Å². The molecule has 0 bridgehead atoms. The zero-order valence-corrected chi connectivity index (χ0v) is 11.8. The van der Waals surface area contributed by atoms with Crippen molar-refractivity contribution in [2.75, 3.05) is 4.90 Å². The fourth-order valence-electron chi connectivity index (χ4n) is 2.96. The summed E-state index contributed by atoms with van der Waals surface area (Å²) in [6, 6.07) is 18.2. The molecule has 2 aromatic carbocycles. The maximum atomic E-state index is 2.52. The van der Waals surface area contributed by atoms with Crippen molar-refractivity contribution in [1.29, 1.82) is 0 Å². The van der Waals surface area contributed by atoms with Gasteiger partial charge >= 0.3 is 0 Å². The molecule has 0 unspecified atom stereocenters. The van der Waals surface area contributed by atoms with Crippen LogP contribution in [0.4, 0.5) is 5.69 Å². The molecule has 0 saturated heterocycles. The van der Waals surface area contributed by atoms with E-state index >= 15 is 0 Å². The number of hydrogen-bond donors (Lipinski definition) is 0. The smallest absolute Gasteiger partial charge is 0.0435 e. The topological polar surface area (TPSA) is 3.24 Å². The van der Waals surface area contributed by atoms with Crippen LogP contribution in [0, 0.1) is 0 Å². The standard InChI is InChI=1S/C18H21N/c1-14(2)19-13-17-9-4-3-7-15(17)11-12-16-8-5-6-10-18(16)19/h3-10,14H,11-13H2,1-2H3. The van der Waals surface area contributed by atoms with E-state index in [1.165, 1.54) is 22.4 Å². The molecule has 1 aliphatic heterocycles. The number of fused-ring (bicyclic) bond motifs is 2. The van der Waals surface area contributed by atoms with Gasteiger partial charge in [-0.1, -0.05) is 42.5 Å². The van der Waals surface area contributed by atoms with E-state index < -0.39 is 0 Å². The number of rotatable bonds is 1. The first-order valence-electron chi connectivity index (χ1n) is 7.17. The zero-order chi connectivity index (χ0) is 13.2. The molecular formula is C18H21N. The van der Waals surface area contributed by atoms with E-state index in [0.717, 1.165) is 19.4 Å². The third-order valence-electron chi connectivity index (χ3n) is 4.05. The lowest BCUT2D eigenvalue weighted by atomic mass is 9.95. The number of aryl methyl sites for hydroxylation is 2. The number of para-hydroxylation sites is 1. The van der Waals surface area contributed by atoms with Crippen LogP contribution in [0.2, 0.25) is 0 Å². The molecule has 0 aliphatic carbocycles. The van der Waals surface area contributed by atoms with Crippen LogP contribution in [0.15, 0.2) is 48.5 Å². The van der Waals surface area contributed by atoms with Crippen molar-refractivity contribution < 1.29 is 0 Å². The first-order valence-corrected chi connectivity index (χ1v) is 7.17. The first-order chi connectivity index (χ1) is 9.25. The lowest BCUT2D eigenvalue weighted by Gasteiger charge is -2.33. The highest BCUT2D eigenvalue weighted by Crippen LogP contribution is 2.29. The van der Waals surface area contributed by atoms with Crippen LogP contribution in [-0.2, 0) is 19.4 Å². The highest BCUT2D eigenvalue weighted by atomic mass is 15.2.